The number of anilines is 3. The van der Waals surface area contributed by atoms with E-state index in [1.807, 2.05) is 18.2 Å². The second-order valence-corrected chi connectivity index (χ2v) is 7.91. The number of amides is 2. The number of carbonyl (C=O) groups is 2. The Morgan fingerprint density at radius 1 is 1.17 bits per heavy atom. The summed E-state index contributed by atoms with van der Waals surface area (Å²) in [6.45, 7) is 9.84. The van der Waals surface area contributed by atoms with Crippen LogP contribution in [0.2, 0.25) is 0 Å². The van der Waals surface area contributed by atoms with Crippen LogP contribution in [0.15, 0.2) is 30.3 Å². The molecule has 0 saturated carbocycles. The second-order valence-electron chi connectivity index (χ2n) is 7.91. The largest absolute Gasteiger partial charge is 0.477 e. The van der Waals surface area contributed by atoms with Gasteiger partial charge in [-0.25, -0.2) is 4.98 Å². The maximum absolute atomic E-state index is 13.0. The van der Waals surface area contributed by atoms with Crippen LogP contribution in [0.3, 0.4) is 0 Å². The highest BCUT2D eigenvalue weighted by Crippen LogP contribution is 2.34. The predicted octanol–water partition coefficient (Wildman–Crippen LogP) is 3.66. The molecule has 2 heterocycles. The maximum Gasteiger partial charge on any atom is 0.269 e. The molecule has 0 saturated heterocycles. The molecule has 7 nitrogen and oxygen atoms in total. The number of pyridine rings is 1. The molecule has 154 valence electrons. The number of para-hydroxylation sites is 1. The molecule has 7 heteroatoms. The molecular weight excluding hydrogens is 368 g/mol. The zero-order chi connectivity index (χ0) is 21.3. The summed E-state index contributed by atoms with van der Waals surface area (Å²) in [5.41, 5.74) is 8.72. The average molecular weight is 396 g/mol. The lowest BCUT2D eigenvalue weighted by Gasteiger charge is -2.31. The van der Waals surface area contributed by atoms with E-state index in [0.29, 0.717) is 5.75 Å². The van der Waals surface area contributed by atoms with Crippen LogP contribution in [-0.4, -0.2) is 29.4 Å². The third-order valence-corrected chi connectivity index (χ3v) is 4.97. The van der Waals surface area contributed by atoms with Crippen molar-refractivity contribution in [2.75, 3.05) is 22.5 Å². The van der Waals surface area contributed by atoms with E-state index < -0.39 is 6.10 Å². The fraction of sp³-hybridized carbons (Fsp3) is 0.409. The Morgan fingerprint density at radius 3 is 2.38 bits per heavy atom. The Bertz CT molecular complexity index is 913. The number of ether oxygens (including phenoxy) is 1. The Balaban J connectivity index is 1.91. The number of benzene rings is 1. The lowest BCUT2D eigenvalue weighted by atomic mass is 9.92. The van der Waals surface area contributed by atoms with Crippen molar-refractivity contribution < 1.29 is 14.3 Å². The van der Waals surface area contributed by atoms with E-state index in [4.69, 9.17) is 10.5 Å². The van der Waals surface area contributed by atoms with Gasteiger partial charge in [0.1, 0.15) is 12.4 Å². The Labute approximate surface area is 171 Å². The zero-order valence-electron chi connectivity index (χ0n) is 17.5. The molecule has 2 aromatic rings. The first-order valence-electron chi connectivity index (χ1n) is 9.86. The van der Waals surface area contributed by atoms with Crippen LogP contribution in [0.4, 0.5) is 17.3 Å². The van der Waals surface area contributed by atoms with Gasteiger partial charge >= 0.3 is 0 Å². The molecular formula is C22H28N4O3. The summed E-state index contributed by atoms with van der Waals surface area (Å²) in [6, 6.07) is 9.32. The number of nitrogen functional groups attached to an aromatic ring is 1. The van der Waals surface area contributed by atoms with Gasteiger partial charge < -0.3 is 15.8 Å². The maximum atomic E-state index is 13.0. The fourth-order valence-electron chi connectivity index (χ4n) is 3.47. The van der Waals surface area contributed by atoms with Crippen LogP contribution in [0.1, 0.15) is 57.6 Å². The first-order valence-corrected chi connectivity index (χ1v) is 9.86. The highest BCUT2D eigenvalue weighted by atomic mass is 16.5. The summed E-state index contributed by atoms with van der Waals surface area (Å²) in [5.74, 6) is 0.832. The molecule has 0 aliphatic carbocycles. The summed E-state index contributed by atoms with van der Waals surface area (Å²) in [5, 5.41) is 3.04. The van der Waals surface area contributed by atoms with Crippen molar-refractivity contribution in [2.45, 2.75) is 52.6 Å². The molecule has 0 radical (unpaired) electrons. The van der Waals surface area contributed by atoms with Crippen LogP contribution in [0.5, 0.6) is 5.75 Å². The predicted molar refractivity (Wildman–Crippen MR) is 114 cm³/mol. The van der Waals surface area contributed by atoms with Gasteiger partial charge in [0.05, 0.1) is 0 Å². The number of hydrogen-bond acceptors (Lipinski definition) is 5. The van der Waals surface area contributed by atoms with Crippen molar-refractivity contribution in [3.8, 4) is 5.75 Å². The quantitative estimate of drug-likeness (QED) is 0.804. The number of nitrogens with zero attached hydrogens (tertiary/aromatic N) is 2. The lowest BCUT2D eigenvalue weighted by Crippen LogP contribution is -2.48. The van der Waals surface area contributed by atoms with E-state index in [-0.39, 0.29) is 41.8 Å². The molecule has 0 bridgehead atoms. The minimum Gasteiger partial charge on any atom is -0.477 e. The first-order chi connectivity index (χ1) is 13.7. The van der Waals surface area contributed by atoms with Gasteiger partial charge in [0.15, 0.2) is 17.7 Å². The number of hydrogen-bond donors (Lipinski definition) is 2. The number of nitrogens with two attached hydrogens (primary N) is 1. The molecule has 3 rings (SSSR count). The van der Waals surface area contributed by atoms with E-state index in [9.17, 15) is 9.59 Å². The Morgan fingerprint density at radius 2 is 1.79 bits per heavy atom. The Kier molecular flexibility index (Phi) is 5.77. The summed E-state index contributed by atoms with van der Waals surface area (Å²) >= 11 is 0. The molecule has 0 spiro atoms. The topological polar surface area (TPSA) is 97.6 Å². The van der Waals surface area contributed by atoms with Crippen LogP contribution in [0, 0.1) is 0 Å². The number of rotatable bonds is 5. The van der Waals surface area contributed by atoms with Crippen molar-refractivity contribution >= 4 is 29.1 Å². The minimum absolute atomic E-state index is 0.167. The zero-order valence-corrected chi connectivity index (χ0v) is 17.5. The number of carbonyl (C=O) groups excluding carboxylic acids is 2. The SMILES string of the molecule is CC1Oc2ccc(N)nc2N(CC(=O)Nc2c(C(C)C)cccc2C(C)C)C1=O. The third-order valence-electron chi connectivity index (χ3n) is 4.97. The molecule has 3 N–H and O–H groups in total. The van der Waals surface area contributed by atoms with E-state index in [1.54, 1.807) is 19.1 Å². The van der Waals surface area contributed by atoms with Crippen molar-refractivity contribution in [1.82, 2.24) is 4.98 Å². The first kappa shape index (κ1) is 20.6. The average Bonchev–Trinajstić information content (AvgIpc) is 2.65. The smallest absolute Gasteiger partial charge is 0.269 e. The van der Waals surface area contributed by atoms with Gasteiger partial charge in [0.2, 0.25) is 5.91 Å². The highest BCUT2D eigenvalue weighted by Gasteiger charge is 2.34. The van der Waals surface area contributed by atoms with Crippen molar-refractivity contribution in [3.63, 3.8) is 0 Å². The van der Waals surface area contributed by atoms with Crippen molar-refractivity contribution in [1.29, 1.82) is 0 Å². The van der Waals surface area contributed by atoms with E-state index in [0.717, 1.165) is 16.8 Å². The normalized spacial score (nSPS) is 16.0. The van der Waals surface area contributed by atoms with E-state index in [1.165, 1.54) is 4.90 Å². The monoisotopic (exact) mass is 396 g/mol. The summed E-state index contributed by atoms with van der Waals surface area (Å²) < 4.78 is 5.59. The van der Waals surface area contributed by atoms with Crippen LogP contribution in [0.25, 0.3) is 0 Å². The van der Waals surface area contributed by atoms with Crippen LogP contribution in [-0.2, 0) is 9.59 Å². The van der Waals surface area contributed by atoms with Gasteiger partial charge in [-0.1, -0.05) is 45.9 Å². The van der Waals surface area contributed by atoms with E-state index >= 15 is 0 Å². The Hall–Kier alpha value is -3.09. The van der Waals surface area contributed by atoms with Crippen molar-refractivity contribution in [3.05, 3.63) is 41.5 Å². The molecule has 1 atom stereocenters. The minimum atomic E-state index is -0.699. The molecule has 1 aromatic heterocycles. The van der Waals surface area contributed by atoms with Crippen LogP contribution >= 0.6 is 0 Å². The summed E-state index contributed by atoms with van der Waals surface area (Å²) in [6.07, 6.45) is -0.699. The van der Waals surface area contributed by atoms with Gasteiger partial charge in [-0.15, -0.1) is 0 Å². The molecule has 1 aliphatic rings. The lowest BCUT2D eigenvalue weighted by molar-refractivity contribution is -0.127. The van der Waals surface area contributed by atoms with Gasteiger partial charge in [-0.2, -0.15) is 0 Å². The van der Waals surface area contributed by atoms with Crippen LogP contribution < -0.4 is 20.7 Å². The van der Waals surface area contributed by atoms with Gasteiger partial charge in [-0.3, -0.25) is 14.5 Å². The second kappa shape index (κ2) is 8.11. The molecule has 1 unspecified atom stereocenters. The highest BCUT2D eigenvalue weighted by molar-refractivity contribution is 6.06. The van der Waals surface area contributed by atoms with Gasteiger partial charge in [0.25, 0.3) is 5.91 Å². The van der Waals surface area contributed by atoms with Crippen molar-refractivity contribution in [2.24, 2.45) is 0 Å². The number of fused-ring (bicyclic) bond motifs is 1. The fourth-order valence-corrected chi connectivity index (χ4v) is 3.47. The molecule has 0 fully saturated rings. The molecule has 1 aromatic carbocycles. The number of aromatic nitrogens is 1. The number of nitrogens with one attached hydrogen (secondary N) is 1. The summed E-state index contributed by atoms with van der Waals surface area (Å²) in [4.78, 5) is 31.2. The standard InChI is InChI=1S/C22H28N4O3/c1-12(2)15-7-6-8-16(13(3)4)20(15)25-19(27)11-26-21-17(9-10-18(23)24-21)29-14(5)22(26)28/h6-10,12-14H,11H2,1-5H3,(H2,23,24)(H,25,27). The molecule has 1 aliphatic heterocycles. The van der Waals surface area contributed by atoms with Gasteiger partial charge in [-0.05, 0) is 42.0 Å². The van der Waals surface area contributed by atoms with E-state index in [2.05, 4.69) is 38.0 Å². The molecule has 29 heavy (non-hydrogen) atoms. The third kappa shape index (κ3) is 4.18. The summed E-state index contributed by atoms with van der Waals surface area (Å²) in [7, 11) is 0. The molecule has 2 amide bonds. The van der Waals surface area contributed by atoms with Gasteiger partial charge in [0, 0.05) is 5.69 Å².